The van der Waals surface area contributed by atoms with Crippen molar-refractivity contribution in [1.82, 2.24) is 0 Å². The molecule has 1 aromatic rings. The third-order valence-corrected chi connectivity index (χ3v) is 4.18. The SMILES string of the molecule is CC(C)CCCCC(=O)Oc1ccc(F)cc1OC(=O)CCCCC(C)C. The van der Waals surface area contributed by atoms with Crippen LogP contribution in [0, 0.1) is 17.7 Å². The molecule has 0 aliphatic rings. The van der Waals surface area contributed by atoms with Crippen molar-refractivity contribution in [3.05, 3.63) is 24.0 Å². The number of esters is 2. The topological polar surface area (TPSA) is 52.6 Å². The van der Waals surface area contributed by atoms with Gasteiger partial charge in [-0.3, -0.25) is 9.59 Å². The quantitative estimate of drug-likeness (QED) is 0.251. The van der Waals surface area contributed by atoms with Crippen molar-refractivity contribution in [1.29, 1.82) is 0 Å². The fourth-order valence-electron chi connectivity index (χ4n) is 2.64. The fourth-order valence-corrected chi connectivity index (χ4v) is 2.64. The average molecular weight is 381 g/mol. The normalized spacial score (nSPS) is 11.1. The molecule has 0 atom stereocenters. The van der Waals surface area contributed by atoms with Crippen molar-refractivity contribution in [3.8, 4) is 11.5 Å². The molecule has 5 heteroatoms. The van der Waals surface area contributed by atoms with Gasteiger partial charge in [-0.25, -0.2) is 4.39 Å². The number of carbonyl (C=O) groups is 2. The van der Waals surface area contributed by atoms with E-state index in [4.69, 9.17) is 9.47 Å². The van der Waals surface area contributed by atoms with E-state index in [1.54, 1.807) is 0 Å². The summed E-state index contributed by atoms with van der Waals surface area (Å²) in [5.41, 5.74) is 0. The largest absolute Gasteiger partial charge is 0.423 e. The second-order valence-electron chi connectivity index (χ2n) is 7.82. The van der Waals surface area contributed by atoms with E-state index in [-0.39, 0.29) is 24.3 Å². The molecule has 0 saturated carbocycles. The Morgan fingerprint density at radius 2 is 1.30 bits per heavy atom. The van der Waals surface area contributed by atoms with Crippen LogP contribution >= 0.6 is 0 Å². The molecule has 0 amide bonds. The molecule has 0 aliphatic carbocycles. The van der Waals surface area contributed by atoms with Crippen molar-refractivity contribution >= 4 is 11.9 Å². The number of rotatable bonds is 12. The number of benzene rings is 1. The van der Waals surface area contributed by atoms with Crippen molar-refractivity contribution in [2.75, 3.05) is 0 Å². The molecule has 0 aliphatic heterocycles. The first-order valence-electron chi connectivity index (χ1n) is 9.98. The third kappa shape index (κ3) is 10.7. The van der Waals surface area contributed by atoms with Gasteiger partial charge in [-0.2, -0.15) is 0 Å². The molecule has 27 heavy (non-hydrogen) atoms. The molecule has 1 aromatic carbocycles. The Labute approximate surface area is 162 Å². The van der Waals surface area contributed by atoms with Crippen LogP contribution < -0.4 is 9.47 Å². The van der Waals surface area contributed by atoms with Crippen LogP contribution in [0.25, 0.3) is 0 Å². The molecule has 0 bridgehead atoms. The summed E-state index contributed by atoms with van der Waals surface area (Å²) in [7, 11) is 0. The first kappa shape index (κ1) is 23.1. The van der Waals surface area contributed by atoms with Crippen LogP contribution in [0.5, 0.6) is 11.5 Å². The van der Waals surface area contributed by atoms with Crippen LogP contribution in [0.2, 0.25) is 0 Å². The van der Waals surface area contributed by atoms with E-state index < -0.39 is 17.8 Å². The average Bonchev–Trinajstić information content (AvgIpc) is 2.58. The molecular weight excluding hydrogens is 347 g/mol. The highest BCUT2D eigenvalue weighted by Gasteiger charge is 2.15. The number of hydrogen-bond acceptors (Lipinski definition) is 4. The maximum atomic E-state index is 13.5. The zero-order valence-electron chi connectivity index (χ0n) is 17.1. The number of carbonyl (C=O) groups excluding carboxylic acids is 2. The van der Waals surface area contributed by atoms with Crippen LogP contribution in [0.15, 0.2) is 18.2 Å². The van der Waals surface area contributed by atoms with E-state index >= 15 is 0 Å². The number of halogens is 1. The number of unbranched alkanes of at least 4 members (excludes halogenated alkanes) is 2. The van der Waals surface area contributed by atoms with Gasteiger partial charge in [-0.15, -0.1) is 0 Å². The molecule has 0 unspecified atom stereocenters. The highest BCUT2D eigenvalue weighted by Crippen LogP contribution is 2.29. The van der Waals surface area contributed by atoms with E-state index in [9.17, 15) is 14.0 Å². The Morgan fingerprint density at radius 3 is 1.78 bits per heavy atom. The zero-order valence-corrected chi connectivity index (χ0v) is 17.1. The van der Waals surface area contributed by atoms with E-state index in [1.165, 1.54) is 12.1 Å². The van der Waals surface area contributed by atoms with Gasteiger partial charge in [0.25, 0.3) is 0 Å². The summed E-state index contributed by atoms with van der Waals surface area (Å²) in [5, 5.41) is 0. The lowest BCUT2D eigenvalue weighted by Gasteiger charge is -2.11. The molecule has 0 radical (unpaired) electrons. The van der Waals surface area contributed by atoms with Gasteiger partial charge in [0.05, 0.1) is 0 Å². The van der Waals surface area contributed by atoms with E-state index in [0.717, 1.165) is 44.6 Å². The lowest BCUT2D eigenvalue weighted by Crippen LogP contribution is -2.12. The minimum absolute atomic E-state index is 0.0422. The van der Waals surface area contributed by atoms with Gasteiger partial charge in [-0.1, -0.05) is 53.4 Å². The summed E-state index contributed by atoms with van der Waals surface area (Å²) in [6.45, 7) is 8.55. The highest BCUT2D eigenvalue weighted by atomic mass is 19.1. The first-order chi connectivity index (χ1) is 12.8. The molecule has 0 spiro atoms. The predicted molar refractivity (Wildman–Crippen MR) is 104 cm³/mol. The highest BCUT2D eigenvalue weighted by molar-refractivity contribution is 5.76. The van der Waals surface area contributed by atoms with Crippen LogP contribution in [-0.4, -0.2) is 11.9 Å². The number of hydrogen-bond donors (Lipinski definition) is 0. The smallest absolute Gasteiger partial charge is 0.311 e. The predicted octanol–water partition coefficient (Wildman–Crippen LogP) is 6.07. The molecular formula is C22H33FO4. The minimum atomic E-state index is -0.547. The van der Waals surface area contributed by atoms with Crippen molar-refractivity contribution < 1.29 is 23.5 Å². The number of ether oxygens (including phenoxy) is 2. The fraction of sp³-hybridized carbons (Fsp3) is 0.636. The van der Waals surface area contributed by atoms with Gasteiger partial charge in [0, 0.05) is 18.9 Å². The van der Waals surface area contributed by atoms with Crippen LogP contribution in [-0.2, 0) is 9.59 Å². The van der Waals surface area contributed by atoms with Crippen LogP contribution in [0.1, 0.15) is 79.1 Å². The van der Waals surface area contributed by atoms with Gasteiger partial charge in [0.15, 0.2) is 11.5 Å². The first-order valence-corrected chi connectivity index (χ1v) is 9.98. The Bertz CT molecular complexity index is 596. The van der Waals surface area contributed by atoms with Crippen LogP contribution in [0.3, 0.4) is 0 Å². The summed E-state index contributed by atoms with van der Waals surface area (Å²) < 4.78 is 24.0. The Hall–Kier alpha value is -1.91. The van der Waals surface area contributed by atoms with Crippen molar-refractivity contribution in [2.24, 2.45) is 11.8 Å². The molecule has 0 aromatic heterocycles. The second-order valence-corrected chi connectivity index (χ2v) is 7.82. The van der Waals surface area contributed by atoms with E-state index in [2.05, 4.69) is 27.7 Å². The zero-order chi connectivity index (χ0) is 20.2. The van der Waals surface area contributed by atoms with Crippen molar-refractivity contribution in [3.63, 3.8) is 0 Å². The summed E-state index contributed by atoms with van der Waals surface area (Å²) >= 11 is 0. The summed E-state index contributed by atoms with van der Waals surface area (Å²) in [6.07, 6.45) is 6.00. The Balaban J connectivity index is 2.53. The van der Waals surface area contributed by atoms with Gasteiger partial charge in [-0.05, 0) is 36.8 Å². The van der Waals surface area contributed by atoms with E-state index in [1.807, 2.05) is 0 Å². The van der Waals surface area contributed by atoms with Gasteiger partial charge >= 0.3 is 11.9 Å². The Morgan fingerprint density at radius 1 is 0.815 bits per heavy atom. The van der Waals surface area contributed by atoms with Gasteiger partial charge < -0.3 is 9.47 Å². The Kier molecular flexibility index (Phi) is 10.7. The van der Waals surface area contributed by atoms with Gasteiger partial charge in [0.2, 0.25) is 0 Å². The third-order valence-electron chi connectivity index (χ3n) is 4.18. The molecule has 4 nitrogen and oxygen atoms in total. The van der Waals surface area contributed by atoms with Crippen LogP contribution in [0.4, 0.5) is 4.39 Å². The monoisotopic (exact) mass is 380 g/mol. The molecule has 152 valence electrons. The summed E-state index contributed by atoms with van der Waals surface area (Å²) in [4.78, 5) is 24.0. The lowest BCUT2D eigenvalue weighted by atomic mass is 10.1. The molecule has 0 N–H and O–H groups in total. The molecule has 0 heterocycles. The standard InChI is InChI=1S/C22H33FO4/c1-16(2)9-5-7-11-21(24)26-19-14-13-18(23)15-20(19)27-22(25)12-8-6-10-17(3)4/h13-17H,5-12H2,1-4H3. The van der Waals surface area contributed by atoms with Gasteiger partial charge in [0.1, 0.15) is 5.82 Å². The minimum Gasteiger partial charge on any atom is -0.423 e. The van der Waals surface area contributed by atoms with E-state index in [0.29, 0.717) is 11.8 Å². The summed E-state index contributed by atoms with van der Waals surface area (Å²) in [5.74, 6) is -0.159. The summed E-state index contributed by atoms with van der Waals surface area (Å²) in [6, 6.07) is 3.58. The molecule has 1 rings (SSSR count). The maximum absolute atomic E-state index is 13.5. The van der Waals surface area contributed by atoms with Crippen molar-refractivity contribution in [2.45, 2.75) is 79.1 Å². The molecule has 0 fully saturated rings. The second kappa shape index (κ2) is 12.5. The lowest BCUT2D eigenvalue weighted by molar-refractivity contribution is -0.137. The molecule has 0 saturated heterocycles. The maximum Gasteiger partial charge on any atom is 0.311 e.